The molecule has 0 aromatic heterocycles. The second-order valence-corrected chi connectivity index (χ2v) is 6.06. The predicted molar refractivity (Wildman–Crippen MR) is 102 cm³/mol. The Hall–Kier alpha value is -3.26. The zero-order valence-electron chi connectivity index (χ0n) is 15.3. The first-order valence-corrected chi connectivity index (χ1v) is 8.41. The lowest BCUT2D eigenvalue weighted by molar-refractivity contribution is -0.112. The lowest BCUT2D eigenvalue weighted by atomic mass is 10.2. The van der Waals surface area contributed by atoms with Crippen molar-refractivity contribution in [3.05, 3.63) is 71.9 Å². The summed E-state index contributed by atoms with van der Waals surface area (Å²) >= 11 is 0. The van der Waals surface area contributed by atoms with Crippen LogP contribution in [-0.4, -0.2) is 24.0 Å². The molecule has 2 rings (SSSR count). The van der Waals surface area contributed by atoms with E-state index in [1.54, 1.807) is 24.4 Å². The normalized spacial score (nSPS) is 11.0. The number of carbonyl (C=O) groups excluding carboxylic acids is 1. The molecule has 0 aliphatic heterocycles. The molecule has 2 aromatic rings. The van der Waals surface area contributed by atoms with Crippen LogP contribution in [0.1, 0.15) is 19.4 Å². The van der Waals surface area contributed by atoms with Crippen molar-refractivity contribution in [2.75, 3.05) is 12.4 Å². The monoisotopic (exact) mass is 349 g/mol. The number of hydrogen-bond donors (Lipinski definition) is 1. The molecule has 0 radical (unpaired) electrons. The molecule has 0 fully saturated rings. The van der Waals surface area contributed by atoms with Crippen molar-refractivity contribution in [2.24, 2.45) is 0 Å². The van der Waals surface area contributed by atoms with Gasteiger partial charge in [0, 0.05) is 18.8 Å². The second-order valence-electron chi connectivity index (χ2n) is 6.06. The number of nitriles is 1. The molecule has 0 atom stereocenters. The summed E-state index contributed by atoms with van der Waals surface area (Å²) in [6.45, 7) is 4.66. The zero-order valence-corrected chi connectivity index (χ0v) is 15.3. The highest BCUT2D eigenvalue weighted by Crippen LogP contribution is 2.23. The van der Waals surface area contributed by atoms with E-state index in [0.29, 0.717) is 18.0 Å². The summed E-state index contributed by atoms with van der Waals surface area (Å²) in [6.07, 6.45) is 1.61. The first-order chi connectivity index (χ1) is 12.5. The third-order valence-electron chi connectivity index (χ3n) is 3.89. The number of nitrogens with zero attached hydrogens (tertiary/aromatic N) is 2. The summed E-state index contributed by atoms with van der Waals surface area (Å²) in [5.74, 6) is 0.0823. The van der Waals surface area contributed by atoms with Crippen molar-refractivity contribution in [2.45, 2.75) is 26.4 Å². The van der Waals surface area contributed by atoms with Crippen molar-refractivity contribution in [3.63, 3.8) is 0 Å². The molecule has 5 nitrogen and oxygen atoms in total. The van der Waals surface area contributed by atoms with Crippen LogP contribution in [0.25, 0.3) is 0 Å². The maximum Gasteiger partial charge on any atom is 0.267 e. The molecule has 0 saturated heterocycles. The summed E-state index contributed by atoms with van der Waals surface area (Å²) in [5.41, 5.74) is 1.68. The Kier molecular flexibility index (Phi) is 6.81. The number of amides is 1. The largest absolute Gasteiger partial charge is 0.495 e. The lowest BCUT2D eigenvalue weighted by Gasteiger charge is -2.25. The molecule has 0 unspecified atom stereocenters. The fourth-order valence-corrected chi connectivity index (χ4v) is 2.41. The molecule has 0 aliphatic rings. The van der Waals surface area contributed by atoms with Crippen LogP contribution < -0.4 is 10.1 Å². The van der Waals surface area contributed by atoms with E-state index in [9.17, 15) is 10.1 Å². The number of rotatable bonds is 7. The van der Waals surface area contributed by atoms with Gasteiger partial charge in [-0.05, 0) is 31.5 Å². The van der Waals surface area contributed by atoms with Gasteiger partial charge in [0.1, 0.15) is 17.4 Å². The van der Waals surface area contributed by atoms with Crippen LogP contribution in [0.15, 0.2) is 66.4 Å². The van der Waals surface area contributed by atoms with Crippen molar-refractivity contribution in [3.8, 4) is 11.8 Å². The molecule has 5 heteroatoms. The van der Waals surface area contributed by atoms with Gasteiger partial charge >= 0.3 is 0 Å². The van der Waals surface area contributed by atoms with Gasteiger partial charge in [0.2, 0.25) is 0 Å². The number of hydrogen-bond acceptors (Lipinski definition) is 4. The van der Waals surface area contributed by atoms with Crippen molar-refractivity contribution in [1.82, 2.24) is 4.90 Å². The number of anilines is 1. The number of ether oxygens (including phenoxy) is 1. The van der Waals surface area contributed by atoms with Gasteiger partial charge in [-0.15, -0.1) is 0 Å². The number of benzene rings is 2. The van der Waals surface area contributed by atoms with Crippen LogP contribution in [0.2, 0.25) is 0 Å². The van der Waals surface area contributed by atoms with Crippen molar-refractivity contribution < 1.29 is 9.53 Å². The average molecular weight is 349 g/mol. The molecule has 26 heavy (non-hydrogen) atoms. The van der Waals surface area contributed by atoms with Crippen LogP contribution in [0, 0.1) is 11.3 Å². The van der Waals surface area contributed by atoms with Gasteiger partial charge < -0.3 is 15.0 Å². The highest BCUT2D eigenvalue weighted by molar-refractivity contribution is 6.07. The SMILES string of the molecule is COc1ccccc1NC(=O)/C(C#N)=C\N(Cc1ccccc1)C(C)C. The maximum atomic E-state index is 12.5. The number of methoxy groups -OCH3 is 1. The Morgan fingerprint density at radius 1 is 1.19 bits per heavy atom. The first-order valence-electron chi connectivity index (χ1n) is 8.41. The third-order valence-corrected chi connectivity index (χ3v) is 3.89. The quantitative estimate of drug-likeness (QED) is 0.607. The van der Waals surface area contributed by atoms with E-state index in [4.69, 9.17) is 4.74 Å². The summed E-state index contributed by atoms with van der Waals surface area (Å²) in [6, 6.07) is 19.2. The maximum absolute atomic E-state index is 12.5. The van der Waals surface area contributed by atoms with Crippen molar-refractivity contribution >= 4 is 11.6 Å². The molecule has 1 N–H and O–H groups in total. The van der Waals surface area contributed by atoms with E-state index in [1.807, 2.05) is 61.2 Å². The molecule has 0 aliphatic carbocycles. The van der Waals surface area contributed by atoms with Crippen LogP contribution in [0.3, 0.4) is 0 Å². The van der Waals surface area contributed by atoms with Gasteiger partial charge in [0.25, 0.3) is 5.91 Å². The third kappa shape index (κ3) is 5.12. The van der Waals surface area contributed by atoms with E-state index in [1.165, 1.54) is 7.11 Å². The molecule has 0 heterocycles. The predicted octanol–water partition coefficient (Wildman–Crippen LogP) is 3.95. The smallest absolute Gasteiger partial charge is 0.267 e. The molecule has 1 amide bonds. The topological polar surface area (TPSA) is 65.4 Å². The fourth-order valence-electron chi connectivity index (χ4n) is 2.41. The standard InChI is InChI=1S/C21H23N3O2/c1-16(2)24(14-17-9-5-4-6-10-17)15-18(13-22)21(25)23-19-11-7-8-12-20(19)26-3/h4-12,15-16H,14H2,1-3H3,(H,23,25)/b18-15-. The van der Waals surface area contributed by atoms with Gasteiger partial charge in [-0.2, -0.15) is 5.26 Å². The van der Waals surface area contributed by atoms with E-state index in [2.05, 4.69) is 5.32 Å². The van der Waals surface area contributed by atoms with Crippen LogP contribution >= 0.6 is 0 Å². The van der Waals surface area contributed by atoms with E-state index < -0.39 is 5.91 Å². The van der Waals surface area contributed by atoms with E-state index in [-0.39, 0.29) is 11.6 Å². The average Bonchev–Trinajstić information content (AvgIpc) is 2.66. The molecule has 2 aromatic carbocycles. The Labute approximate surface area is 154 Å². The summed E-state index contributed by atoms with van der Waals surface area (Å²) < 4.78 is 5.23. The number of para-hydroxylation sites is 2. The summed E-state index contributed by atoms with van der Waals surface area (Å²) in [4.78, 5) is 14.5. The summed E-state index contributed by atoms with van der Waals surface area (Å²) in [5, 5.41) is 12.2. The Bertz CT molecular complexity index is 808. The Balaban J connectivity index is 2.20. The number of carbonyl (C=O) groups is 1. The van der Waals surface area contributed by atoms with Gasteiger partial charge in [0.15, 0.2) is 0 Å². The molecule has 0 spiro atoms. The van der Waals surface area contributed by atoms with Crippen LogP contribution in [0.5, 0.6) is 5.75 Å². The van der Waals surface area contributed by atoms with Gasteiger partial charge in [-0.25, -0.2) is 0 Å². The minimum Gasteiger partial charge on any atom is -0.495 e. The molecule has 134 valence electrons. The molecular weight excluding hydrogens is 326 g/mol. The van der Waals surface area contributed by atoms with Gasteiger partial charge in [0.05, 0.1) is 12.8 Å². The van der Waals surface area contributed by atoms with E-state index >= 15 is 0 Å². The number of nitrogens with one attached hydrogen (secondary N) is 1. The zero-order chi connectivity index (χ0) is 18.9. The Morgan fingerprint density at radius 3 is 2.46 bits per heavy atom. The minimum absolute atomic E-state index is 0.0422. The highest BCUT2D eigenvalue weighted by atomic mass is 16.5. The fraction of sp³-hybridized carbons (Fsp3) is 0.238. The Morgan fingerprint density at radius 2 is 1.85 bits per heavy atom. The molecule has 0 bridgehead atoms. The van der Waals surface area contributed by atoms with Gasteiger partial charge in [-0.1, -0.05) is 42.5 Å². The van der Waals surface area contributed by atoms with Gasteiger partial charge in [-0.3, -0.25) is 4.79 Å². The molecule has 0 saturated carbocycles. The second kappa shape index (κ2) is 9.28. The lowest BCUT2D eigenvalue weighted by Crippen LogP contribution is -2.27. The summed E-state index contributed by atoms with van der Waals surface area (Å²) in [7, 11) is 1.53. The van der Waals surface area contributed by atoms with Crippen molar-refractivity contribution in [1.29, 1.82) is 5.26 Å². The minimum atomic E-state index is -0.462. The molecular formula is C21H23N3O2. The first kappa shape index (κ1) is 19.1. The van der Waals surface area contributed by atoms with Crippen LogP contribution in [0.4, 0.5) is 5.69 Å². The van der Waals surface area contributed by atoms with Crippen LogP contribution in [-0.2, 0) is 11.3 Å². The highest BCUT2D eigenvalue weighted by Gasteiger charge is 2.15. The van der Waals surface area contributed by atoms with E-state index in [0.717, 1.165) is 5.56 Å².